The van der Waals surface area contributed by atoms with E-state index < -0.39 is 60.9 Å². The lowest BCUT2D eigenvalue weighted by atomic mass is 9.43. The minimum atomic E-state index is -1.56. The van der Waals surface area contributed by atoms with Crippen LogP contribution in [-0.2, 0) is 28.5 Å². The van der Waals surface area contributed by atoms with E-state index in [2.05, 4.69) is 13.8 Å². The van der Waals surface area contributed by atoms with Crippen molar-refractivity contribution in [3.05, 3.63) is 11.6 Å². The fourth-order valence-corrected chi connectivity index (χ4v) is 11.0. The summed E-state index contributed by atoms with van der Waals surface area (Å²) in [5.74, 6) is 0.837. The summed E-state index contributed by atoms with van der Waals surface area (Å²) in [6.45, 7) is 6.36. The Labute approximate surface area is 270 Å². The predicted octanol–water partition coefficient (Wildman–Crippen LogP) is 0.919. The van der Waals surface area contributed by atoms with Gasteiger partial charge in [0.05, 0.1) is 24.4 Å². The Hall–Kier alpha value is -1.19. The second-order valence-electron chi connectivity index (χ2n) is 15.9. The molecule has 17 atom stereocenters. The molecule has 3 aliphatic heterocycles. The Morgan fingerprint density at radius 2 is 1.63 bits per heavy atom. The third-order valence-corrected chi connectivity index (χ3v) is 13.8. The molecule has 6 N–H and O–H groups in total. The number of carbonyl (C=O) groups excluding carboxylic acids is 1. The van der Waals surface area contributed by atoms with E-state index in [0.29, 0.717) is 18.4 Å². The smallest absolute Gasteiger partial charge is 0.331 e. The lowest BCUT2D eigenvalue weighted by molar-refractivity contribution is -0.361. The Kier molecular flexibility index (Phi) is 8.69. The number of carbonyl (C=O) groups is 1. The first-order chi connectivity index (χ1) is 21.8. The Balaban J connectivity index is 1.04. The zero-order chi connectivity index (χ0) is 32.8. The van der Waals surface area contributed by atoms with Crippen molar-refractivity contribution in [3.8, 4) is 0 Å². The molecule has 46 heavy (non-hydrogen) atoms. The van der Waals surface area contributed by atoms with E-state index >= 15 is 0 Å². The zero-order valence-corrected chi connectivity index (χ0v) is 27.1. The Morgan fingerprint density at radius 3 is 2.37 bits per heavy atom. The highest BCUT2D eigenvalue weighted by Gasteiger charge is 2.68. The number of cyclic esters (lactones) is 1. The normalized spacial score (nSPS) is 55.6. The first-order valence-corrected chi connectivity index (χ1v) is 17.3. The van der Waals surface area contributed by atoms with Crippen LogP contribution in [-0.4, -0.2) is 117 Å². The van der Waals surface area contributed by atoms with Crippen LogP contribution in [0.2, 0.25) is 0 Å². The van der Waals surface area contributed by atoms with Crippen molar-refractivity contribution in [1.82, 2.24) is 0 Å². The number of fused-ring (bicyclic) bond motifs is 5. The van der Waals surface area contributed by atoms with E-state index in [-0.39, 0.29) is 41.3 Å². The number of hydrogen-bond acceptors (Lipinski definition) is 12. The summed E-state index contributed by atoms with van der Waals surface area (Å²) >= 11 is 0. The SMILES string of the molecule is C[C@@H]1O[C@@H](O[C@H]2CC[C@@]3(C)[C@@H](CC[C@@H]4[C@@H]3CC[C@]3(C)[C@@H](C5=CC(=O)OC5)CC[C@]43O)C2)[C@H](O[C@@H]2OC[C@@H](O)[C@H](O)[C@H]2O)[C@H](O)[C@H]1O. The molecule has 12 heteroatoms. The lowest BCUT2D eigenvalue weighted by Crippen LogP contribution is -2.63. The monoisotopic (exact) mass is 652 g/mol. The van der Waals surface area contributed by atoms with E-state index in [1.165, 1.54) is 0 Å². The van der Waals surface area contributed by atoms with Gasteiger partial charge in [-0.2, -0.15) is 0 Å². The van der Waals surface area contributed by atoms with E-state index in [0.717, 1.165) is 63.4 Å². The minimum absolute atomic E-state index is 0.0347. The van der Waals surface area contributed by atoms with Crippen molar-refractivity contribution in [2.24, 2.45) is 34.5 Å². The summed E-state index contributed by atoms with van der Waals surface area (Å²) in [5, 5.41) is 64.5. The van der Waals surface area contributed by atoms with Gasteiger partial charge in [0.2, 0.25) is 0 Å². The van der Waals surface area contributed by atoms with Gasteiger partial charge in [-0.15, -0.1) is 0 Å². The van der Waals surface area contributed by atoms with Crippen LogP contribution in [0.4, 0.5) is 0 Å². The molecule has 12 nitrogen and oxygen atoms in total. The number of aliphatic hydroxyl groups is 6. The third kappa shape index (κ3) is 5.13. The van der Waals surface area contributed by atoms with Crippen LogP contribution in [0.25, 0.3) is 0 Å². The number of hydrogen-bond donors (Lipinski definition) is 6. The molecule has 6 fully saturated rings. The molecule has 0 spiro atoms. The topological polar surface area (TPSA) is 185 Å². The lowest BCUT2D eigenvalue weighted by Gasteiger charge is -2.64. The van der Waals surface area contributed by atoms with Crippen LogP contribution in [0.5, 0.6) is 0 Å². The molecule has 260 valence electrons. The van der Waals surface area contributed by atoms with Crippen molar-refractivity contribution in [2.75, 3.05) is 13.2 Å². The van der Waals surface area contributed by atoms with Crippen LogP contribution in [0.3, 0.4) is 0 Å². The van der Waals surface area contributed by atoms with Gasteiger partial charge in [0.15, 0.2) is 12.6 Å². The summed E-state index contributed by atoms with van der Waals surface area (Å²) in [6.07, 6.45) is -1.91. The second-order valence-corrected chi connectivity index (χ2v) is 15.9. The Morgan fingerprint density at radius 1 is 0.848 bits per heavy atom. The highest BCUT2D eigenvalue weighted by Crippen LogP contribution is 2.70. The fraction of sp³-hybridized carbons (Fsp3) is 0.912. The molecule has 4 saturated carbocycles. The highest BCUT2D eigenvalue weighted by molar-refractivity contribution is 5.85. The van der Waals surface area contributed by atoms with Gasteiger partial charge < -0.3 is 54.3 Å². The molecule has 0 aromatic heterocycles. The predicted molar refractivity (Wildman–Crippen MR) is 160 cm³/mol. The largest absolute Gasteiger partial charge is 0.458 e. The van der Waals surface area contributed by atoms with Gasteiger partial charge >= 0.3 is 5.97 Å². The molecule has 7 aliphatic rings. The zero-order valence-electron chi connectivity index (χ0n) is 27.1. The number of ether oxygens (including phenoxy) is 5. The van der Waals surface area contributed by atoms with Gasteiger partial charge in [0.1, 0.15) is 43.2 Å². The maximum absolute atomic E-state index is 12.5. The van der Waals surface area contributed by atoms with Crippen molar-refractivity contribution in [3.63, 3.8) is 0 Å². The first-order valence-electron chi connectivity index (χ1n) is 17.3. The molecule has 0 radical (unpaired) electrons. The van der Waals surface area contributed by atoms with Gasteiger partial charge in [0.25, 0.3) is 0 Å². The molecule has 0 bridgehead atoms. The van der Waals surface area contributed by atoms with Crippen molar-refractivity contribution in [1.29, 1.82) is 0 Å². The molecule has 2 saturated heterocycles. The van der Waals surface area contributed by atoms with Gasteiger partial charge in [-0.25, -0.2) is 4.79 Å². The molecule has 4 aliphatic carbocycles. The van der Waals surface area contributed by atoms with E-state index in [1.807, 2.05) is 0 Å². The molecular formula is C34H52O12. The van der Waals surface area contributed by atoms with E-state index in [9.17, 15) is 35.4 Å². The second kappa shape index (κ2) is 12.0. The molecule has 0 amide bonds. The van der Waals surface area contributed by atoms with Crippen molar-refractivity contribution >= 4 is 5.97 Å². The first kappa shape index (κ1) is 33.3. The number of esters is 1. The third-order valence-electron chi connectivity index (χ3n) is 13.8. The molecular weight excluding hydrogens is 600 g/mol. The molecule has 7 rings (SSSR count). The van der Waals surface area contributed by atoms with Crippen LogP contribution < -0.4 is 0 Å². The maximum Gasteiger partial charge on any atom is 0.331 e. The van der Waals surface area contributed by atoms with Gasteiger partial charge in [-0.1, -0.05) is 13.8 Å². The summed E-state index contributed by atoms with van der Waals surface area (Å²) in [7, 11) is 0. The summed E-state index contributed by atoms with van der Waals surface area (Å²) in [4.78, 5) is 11.9. The summed E-state index contributed by atoms with van der Waals surface area (Å²) in [6, 6.07) is 0. The Bertz CT molecular complexity index is 1200. The summed E-state index contributed by atoms with van der Waals surface area (Å²) in [5.41, 5.74) is 0.0121. The van der Waals surface area contributed by atoms with E-state index in [1.54, 1.807) is 13.0 Å². The van der Waals surface area contributed by atoms with Gasteiger partial charge in [0, 0.05) is 11.5 Å². The molecule has 3 heterocycles. The van der Waals surface area contributed by atoms with Crippen LogP contribution in [0.1, 0.15) is 78.6 Å². The van der Waals surface area contributed by atoms with Gasteiger partial charge in [-0.3, -0.25) is 0 Å². The van der Waals surface area contributed by atoms with Crippen molar-refractivity contribution < 1.29 is 59.1 Å². The standard InChI is InChI=1S/C34H52O12/c1-16-25(37)27(39)29(46-30-28(40)26(38)23(35)15-43-30)31(44-16)45-19-6-9-32(2)18(13-19)4-5-22-21(32)7-10-33(3)20(8-11-34(22,33)41)17-12-24(36)42-14-17/h12,16,18-23,25-31,35,37-41H,4-11,13-15H2,1-3H3/t16-,18-,19-,20+,21-,22+,23+,25-,26-,27+,28+,29+,30-,31-,32-,33+,34-/m0/s1. The van der Waals surface area contributed by atoms with Crippen molar-refractivity contribution in [2.45, 2.75) is 146 Å². The van der Waals surface area contributed by atoms with Gasteiger partial charge in [-0.05, 0) is 99.4 Å². The molecule has 0 aromatic carbocycles. The quantitative estimate of drug-likeness (QED) is 0.183. The molecule has 0 aromatic rings. The molecule has 0 unspecified atom stereocenters. The van der Waals surface area contributed by atoms with Crippen LogP contribution >= 0.6 is 0 Å². The van der Waals surface area contributed by atoms with E-state index in [4.69, 9.17) is 23.7 Å². The minimum Gasteiger partial charge on any atom is -0.458 e. The number of aliphatic hydroxyl groups excluding tert-OH is 5. The highest BCUT2D eigenvalue weighted by atomic mass is 16.8. The number of rotatable bonds is 5. The maximum atomic E-state index is 12.5. The van der Waals surface area contributed by atoms with Crippen LogP contribution in [0.15, 0.2) is 11.6 Å². The fourth-order valence-electron chi connectivity index (χ4n) is 11.0. The van der Waals surface area contributed by atoms with Crippen LogP contribution in [0, 0.1) is 34.5 Å². The summed E-state index contributed by atoms with van der Waals surface area (Å²) < 4.78 is 29.1. The average molecular weight is 653 g/mol. The average Bonchev–Trinajstić information content (AvgIpc) is 3.57.